The predicted octanol–water partition coefficient (Wildman–Crippen LogP) is 1.72. The van der Waals surface area contributed by atoms with Gasteiger partial charge >= 0.3 is 11.6 Å². The van der Waals surface area contributed by atoms with Gasteiger partial charge in [-0.3, -0.25) is 0 Å². The zero-order chi connectivity index (χ0) is 21.4. The summed E-state index contributed by atoms with van der Waals surface area (Å²) in [5.41, 5.74) is 0.734. The third-order valence-corrected chi connectivity index (χ3v) is 3.27. The molecule has 0 spiro atoms. The Balaban J connectivity index is 0.000000280. The van der Waals surface area contributed by atoms with E-state index in [-0.39, 0.29) is 11.6 Å². The fraction of sp³-hybridized carbons (Fsp3) is 0.375. The van der Waals surface area contributed by atoms with Crippen LogP contribution < -0.4 is 0 Å². The van der Waals surface area contributed by atoms with Gasteiger partial charge in [0, 0.05) is 40.6 Å². The number of imidazole rings is 2. The van der Waals surface area contributed by atoms with Gasteiger partial charge in [-0.05, 0) is 22.0 Å². The van der Waals surface area contributed by atoms with Crippen LogP contribution in [0.3, 0.4) is 0 Å². The molecule has 12 heteroatoms. The average molecular weight is 392 g/mol. The van der Waals surface area contributed by atoms with Gasteiger partial charge in [0.15, 0.2) is 24.0 Å². The minimum atomic E-state index is -0.442. The Morgan fingerprint density at radius 1 is 0.821 bits per heavy atom. The second-order valence-corrected chi connectivity index (χ2v) is 6.20. The highest BCUT2D eigenvalue weighted by atomic mass is 16.6. The summed E-state index contributed by atoms with van der Waals surface area (Å²) in [5.74, 6) is 0.00574. The maximum atomic E-state index is 10.6. The van der Waals surface area contributed by atoms with Crippen molar-refractivity contribution in [3.05, 3.63) is 56.7 Å². The van der Waals surface area contributed by atoms with Crippen molar-refractivity contribution >= 4 is 23.8 Å². The normalized spacial score (nSPS) is 10.8. The Bertz CT molecular complexity index is 807. The molecule has 0 saturated carbocycles. The van der Waals surface area contributed by atoms with Crippen molar-refractivity contribution in [2.24, 2.45) is 14.1 Å². The smallest absolute Gasteiger partial charge is 0.349 e. The van der Waals surface area contributed by atoms with Gasteiger partial charge in [-0.25, -0.2) is 19.1 Å². The standard InChI is InChI=1S/2C8H12N4O2/c2*1-10(2)5-4-7-8(12(13)14)11(3)6-9-7/h2*4-6H,1-3H3/b2*5-4+. The molecule has 0 amide bonds. The van der Waals surface area contributed by atoms with Crippen LogP contribution in [0.4, 0.5) is 11.6 Å². The van der Waals surface area contributed by atoms with Crippen LogP contribution in [0.15, 0.2) is 25.1 Å². The summed E-state index contributed by atoms with van der Waals surface area (Å²) in [5, 5.41) is 21.3. The topological polar surface area (TPSA) is 128 Å². The fourth-order valence-electron chi connectivity index (χ4n) is 2.00. The van der Waals surface area contributed by atoms with Crippen molar-refractivity contribution in [3.8, 4) is 0 Å². The zero-order valence-corrected chi connectivity index (χ0v) is 16.7. The van der Waals surface area contributed by atoms with E-state index < -0.39 is 9.85 Å². The largest absolute Gasteiger partial charge is 0.383 e. The van der Waals surface area contributed by atoms with E-state index in [1.54, 1.807) is 48.4 Å². The Morgan fingerprint density at radius 3 is 1.39 bits per heavy atom. The lowest BCUT2D eigenvalue weighted by Gasteiger charge is -2.01. The highest BCUT2D eigenvalue weighted by molar-refractivity contribution is 5.54. The second-order valence-electron chi connectivity index (χ2n) is 6.20. The molecule has 2 rings (SSSR count). The van der Waals surface area contributed by atoms with Crippen molar-refractivity contribution in [2.75, 3.05) is 28.2 Å². The molecular weight excluding hydrogens is 368 g/mol. The molecule has 0 radical (unpaired) electrons. The molecule has 2 aromatic rings. The first kappa shape index (κ1) is 22.3. The molecule has 152 valence electrons. The van der Waals surface area contributed by atoms with Gasteiger partial charge in [0.25, 0.3) is 0 Å². The predicted molar refractivity (Wildman–Crippen MR) is 105 cm³/mol. The first-order valence-electron chi connectivity index (χ1n) is 8.05. The van der Waals surface area contributed by atoms with Crippen LogP contribution in [0.2, 0.25) is 0 Å². The molecule has 12 nitrogen and oxygen atoms in total. The Labute approximate surface area is 162 Å². The summed E-state index contributed by atoms with van der Waals surface area (Å²) in [4.78, 5) is 31.8. The van der Waals surface area contributed by atoms with E-state index in [4.69, 9.17) is 0 Å². The summed E-state index contributed by atoms with van der Waals surface area (Å²) < 4.78 is 2.77. The third kappa shape index (κ3) is 6.23. The van der Waals surface area contributed by atoms with Gasteiger partial charge < -0.3 is 30.0 Å². The van der Waals surface area contributed by atoms with Crippen molar-refractivity contribution in [1.82, 2.24) is 28.9 Å². The summed E-state index contributed by atoms with van der Waals surface area (Å²) >= 11 is 0. The first-order valence-corrected chi connectivity index (χ1v) is 8.05. The maximum absolute atomic E-state index is 10.6. The summed E-state index contributed by atoms with van der Waals surface area (Å²) in [6.07, 6.45) is 9.50. The molecule has 2 aromatic heterocycles. The highest BCUT2D eigenvalue weighted by Gasteiger charge is 2.17. The van der Waals surface area contributed by atoms with Crippen LogP contribution in [0.25, 0.3) is 12.2 Å². The lowest BCUT2D eigenvalue weighted by Crippen LogP contribution is -2.01. The van der Waals surface area contributed by atoms with Crippen LogP contribution in [0.5, 0.6) is 0 Å². The molecule has 28 heavy (non-hydrogen) atoms. The van der Waals surface area contributed by atoms with Gasteiger partial charge in [-0.15, -0.1) is 0 Å². The Morgan fingerprint density at radius 2 is 1.14 bits per heavy atom. The van der Waals surface area contributed by atoms with Gasteiger partial charge in [-0.1, -0.05) is 0 Å². The average Bonchev–Trinajstić information content (AvgIpc) is 3.14. The van der Waals surface area contributed by atoms with Gasteiger partial charge in [-0.2, -0.15) is 0 Å². The van der Waals surface area contributed by atoms with Gasteiger partial charge in [0.05, 0.1) is 14.1 Å². The van der Waals surface area contributed by atoms with Crippen molar-refractivity contribution < 1.29 is 9.85 Å². The number of hydrogen-bond donors (Lipinski definition) is 0. The molecule has 2 heterocycles. The third-order valence-electron chi connectivity index (χ3n) is 3.27. The van der Waals surface area contributed by atoms with E-state index in [1.807, 2.05) is 28.2 Å². The van der Waals surface area contributed by atoms with Crippen LogP contribution in [0.1, 0.15) is 11.4 Å². The van der Waals surface area contributed by atoms with E-state index in [0.29, 0.717) is 11.4 Å². The van der Waals surface area contributed by atoms with Gasteiger partial charge in [0.1, 0.15) is 0 Å². The number of rotatable bonds is 6. The van der Waals surface area contributed by atoms with Crippen LogP contribution in [0, 0.1) is 20.2 Å². The fourth-order valence-corrected chi connectivity index (χ4v) is 2.00. The van der Waals surface area contributed by atoms with Crippen LogP contribution >= 0.6 is 0 Å². The van der Waals surface area contributed by atoms with Crippen molar-refractivity contribution in [3.63, 3.8) is 0 Å². The van der Waals surface area contributed by atoms with E-state index in [0.717, 1.165) is 0 Å². The maximum Gasteiger partial charge on any atom is 0.349 e. The van der Waals surface area contributed by atoms with E-state index in [9.17, 15) is 20.2 Å². The number of nitrogens with zero attached hydrogens (tertiary/aromatic N) is 8. The molecule has 0 saturated heterocycles. The number of nitro groups is 2. The molecule has 0 unspecified atom stereocenters. The molecular formula is C16H24N8O4. The molecule has 0 aromatic carbocycles. The van der Waals surface area contributed by atoms with Crippen molar-refractivity contribution in [1.29, 1.82) is 0 Å². The van der Waals surface area contributed by atoms with Gasteiger partial charge in [0.2, 0.25) is 0 Å². The second kappa shape index (κ2) is 9.85. The van der Waals surface area contributed by atoms with E-state index in [1.165, 1.54) is 21.8 Å². The SMILES string of the molecule is CN(C)/C=C/c1ncn(C)c1[N+](=O)[O-].CN(C)/C=C/c1ncn(C)c1[N+](=O)[O-]. The number of aromatic nitrogens is 4. The summed E-state index contributed by atoms with van der Waals surface area (Å²) in [6, 6.07) is 0. The van der Waals surface area contributed by atoms with Crippen LogP contribution in [-0.2, 0) is 14.1 Å². The lowest BCUT2D eigenvalue weighted by atomic mass is 10.4. The van der Waals surface area contributed by atoms with E-state index >= 15 is 0 Å². The van der Waals surface area contributed by atoms with Crippen LogP contribution in [-0.4, -0.2) is 66.9 Å². The highest BCUT2D eigenvalue weighted by Crippen LogP contribution is 2.17. The molecule has 0 aliphatic heterocycles. The number of aryl methyl sites for hydroxylation is 2. The Kier molecular flexibility index (Phi) is 7.86. The summed E-state index contributed by atoms with van der Waals surface area (Å²) in [7, 11) is 10.5. The quantitative estimate of drug-likeness (QED) is 0.537. The number of hydrogen-bond acceptors (Lipinski definition) is 8. The molecule has 0 aliphatic carbocycles. The molecule has 0 N–H and O–H groups in total. The van der Waals surface area contributed by atoms with Crippen molar-refractivity contribution in [2.45, 2.75) is 0 Å². The molecule has 0 atom stereocenters. The first-order chi connectivity index (χ1) is 13.0. The van der Waals surface area contributed by atoms with E-state index in [2.05, 4.69) is 9.97 Å². The summed E-state index contributed by atoms with van der Waals surface area (Å²) in [6.45, 7) is 0. The minimum Gasteiger partial charge on any atom is -0.383 e. The monoisotopic (exact) mass is 392 g/mol. The zero-order valence-electron chi connectivity index (χ0n) is 16.7. The molecule has 0 aliphatic rings. The Hall–Kier alpha value is -3.70. The lowest BCUT2D eigenvalue weighted by molar-refractivity contribution is -0.392. The molecule has 0 fully saturated rings. The molecule has 0 bridgehead atoms. The minimum absolute atomic E-state index is 0.00287.